The number of nitrogens with zero attached hydrogens (tertiary/aromatic N) is 2. The van der Waals surface area contributed by atoms with Gasteiger partial charge in [-0.1, -0.05) is 60.7 Å². The van der Waals surface area contributed by atoms with Gasteiger partial charge in [0.25, 0.3) is 0 Å². The minimum absolute atomic E-state index is 0. The molecule has 4 heteroatoms. The van der Waals surface area contributed by atoms with Crippen LogP contribution < -0.4 is 0 Å². The van der Waals surface area contributed by atoms with Crippen molar-refractivity contribution in [3.05, 3.63) is 71.8 Å². The molecule has 1 saturated heterocycles. The molecule has 120 valence electrons. The second kappa shape index (κ2) is 9.86. The first-order valence-corrected chi connectivity index (χ1v) is 6.99. The first-order valence-electron chi connectivity index (χ1n) is 8.99. The van der Waals surface area contributed by atoms with E-state index in [1.165, 1.54) is 0 Å². The molecule has 0 spiro atoms. The minimum Gasteiger partial charge on any atom is -0.297 e. The summed E-state index contributed by atoms with van der Waals surface area (Å²) >= 11 is 0. The van der Waals surface area contributed by atoms with Crippen LogP contribution in [0.3, 0.4) is 0 Å². The lowest BCUT2D eigenvalue weighted by atomic mass is 10.1. The molecule has 0 radical (unpaired) electrons. The monoisotopic (exact) mass is 342 g/mol. The summed E-state index contributed by atoms with van der Waals surface area (Å²) in [5.41, 5.74) is 1.99. The third kappa shape index (κ3) is 5.62. The van der Waals surface area contributed by atoms with Crippen LogP contribution in [0.25, 0.3) is 0 Å². The van der Waals surface area contributed by atoms with Crippen LogP contribution in [-0.2, 0) is 13.1 Å². The van der Waals surface area contributed by atoms with Gasteiger partial charge in [0.2, 0.25) is 0 Å². The number of rotatable bonds is 4. The van der Waals surface area contributed by atoms with Gasteiger partial charge >= 0.3 is 0 Å². The summed E-state index contributed by atoms with van der Waals surface area (Å²) in [5.74, 6) is 0. The Bertz CT molecular complexity index is 612. The molecule has 0 aromatic heterocycles. The highest BCUT2D eigenvalue weighted by Gasteiger charge is 2.16. The van der Waals surface area contributed by atoms with Crippen LogP contribution in [0.2, 0.25) is 0 Å². The lowest BCUT2D eigenvalue weighted by Crippen LogP contribution is -2.45. The van der Waals surface area contributed by atoms with Crippen molar-refractivity contribution in [3.63, 3.8) is 0 Å². The van der Waals surface area contributed by atoms with Gasteiger partial charge in [0.1, 0.15) is 0 Å². The molecule has 1 aliphatic rings. The summed E-state index contributed by atoms with van der Waals surface area (Å²) in [7, 11) is 0. The zero-order valence-corrected chi connectivity index (χ0v) is 13.9. The van der Waals surface area contributed by atoms with Crippen molar-refractivity contribution < 1.29 is 5.48 Å². The molecule has 0 N–H and O–H groups in total. The highest BCUT2D eigenvalue weighted by molar-refractivity contribution is 5.85. The summed E-state index contributed by atoms with van der Waals surface area (Å²) in [6, 6.07) is 19.3. The molecule has 1 aliphatic heterocycles. The van der Waals surface area contributed by atoms with Crippen molar-refractivity contribution in [2.24, 2.45) is 0 Å². The van der Waals surface area contributed by atoms with Gasteiger partial charge in [-0.05, 0) is 11.1 Å². The molecule has 0 unspecified atom stereocenters. The Kier molecular flexibility index (Phi) is 6.00. The van der Waals surface area contributed by atoms with Gasteiger partial charge in [0.05, 0.1) is 0 Å². The largest absolute Gasteiger partial charge is 0.297 e. The zero-order chi connectivity index (χ0) is 17.2. The molecule has 0 bridgehead atoms. The van der Waals surface area contributed by atoms with E-state index in [-0.39, 0.29) is 24.8 Å². The standard InChI is InChI=1S/C18H22N2.2ClH/c1-3-7-17(8-4-1)15-19-11-13-20(14-12-19)16-18-9-5-2-6-10-18;;/h1-10H,11-16H2;2*1H/i11D2,13D2;;. The highest BCUT2D eigenvalue weighted by Crippen LogP contribution is 2.11. The highest BCUT2D eigenvalue weighted by atomic mass is 35.5. The second-order valence-electron chi connectivity index (χ2n) is 5.04. The number of benzene rings is 2. The molecule has 1 heterocycles. The van der Waals surface area contributed by atoms with E-state index in [1.54, 1.807) is 9.80 Å². The lowest BCUT2D eigenvalue weighted by Gasteiger charge is -2.34. The smallest absolute Gasteiger partial charge is 0.0444 e. The van der Waals surface area contributed by atoms with Crippen molar-refractivity contribution in [3.8, 4) is 0 Å². The predicted octanol–water partition coefficient (Wildman–Crippen LogP) is 3.85. The normalized spacial score (nSPS) is 22.9. The van der Waals surface area contributed by atoms with E-state index in [0.717, 1.165) is 11.1 Å². The van der Waals surface area contributed by atoms with Gasteiger partial charge in [0, 0.05) is 44.7 Å². The molecule has 2 nitrogen and oxygen atoms in total. The van der Waals surface area contributed by atoms with Gasteiger partial charge < -0.3 is 0 Å². The molecule has 0 aliphatic carbocycles. The molecule has 3 rings (SSSR count). The van der Waals surface area contributed by atoms with E-state index in [0.29, 0.717) is 26.2 Å². The molecule has 0 atom stereocenters. The van der Waals surface area contributed by atoms with Gasteiger partial charge in [0.15, 0.2) is 0 Å². The fraction of sp³-hybridized carbons (Fsp3) is 0.333. The van der Waals surface area contributed by atoms with Crippen LogP contribution in [0, 0.1) is 0 Å². The van der Waals surface area contributed by atoms with Gasteiger partial charge in [-0.2, -0.15) is 0 Å². The molecule has 1 fully saturated rings. The zero-order valence-electron chi connectivity index (χ0n) is 16.3. The predicted molar refractivity (Wildman–Crippen MR) is 97.9 cm³/mol. The van der Waals surface area contributed by atoms with Crippen LogP contribution in [-0.4, -0.2) is 35.9 Å². The third-order valence-corrected chi connectivity index (χ3v) is 3.44. The maximum absolute atomic E-state index is 8.41. The molecule has 2 aromatic rings. The third-order valence-electron chi connectivity index (χ3n) is 3.44. The Morgan fingerprint density at radius 3 is 1.41 bits per heavy atom. The average Bonchev–Trinajstić information content (AvgIpc) is 2.57. The van der Waals surface area contributed by atoms with E-state index in [4.69, 9.17) is 5.48 Å². The van der Waals surface area contributed by atoms with E-state index < -0.39 is 13.0 Å². The quantitative estimate of drug-likeness (QED) is 0.832. The van der Waals surface area contributed by atoms with E-state index in [2.05, 4.69) is 0 Å². The molecule has 2 aromatic carbocycles. The number of hydrogen-bond acceptors (Lipinski definition) is 2. The maximum Gasteiger partial charge on any atom is 0.0444 e. The fourth-order valence-corrected chi connectivity index (χ4v) is 2.34. The average molecular weight is 343 g/mol. The molecule has 22 heavy (non-hydrogen) atoms. The van der Waals surface area contributed by atoms with Gasteiger partial charge in [-0.3, -0.25) is 9.80 Å². The van der Waals surface area contributed by atoms with Crippen molar-refractivity contribution in [1.82, 2.24) is 9.80 Å². The second-order valence-corrected chi connectivity index (χ2v) is 5.04. The van der Waals surface area contributed by atoms with Crippen LogP contribution >= 0.6 is 24.8 Å². The van der Waals surface area contributed by atoms with Crippen LogP contribution in [0.4, 0.5) is 0 Å². The van der Waals surface area contributed by atoms with Gasteiger partial charge in [-0.25, -0.2) is 0 Å². The first-order chi connectivity index (χ1) is 11.4. The van der Waals surface area contributed by atoms with Crippen molar-refractivity contribution in [1.29, 1.82) is 0 Å². The van der Waals surface area contributed by atoms with Crippen molar-refractivity contribution in [2.45, 2.75) is 13.1 Å². The summed E-state index contributed by atoms with van der Waals surface area (Å²) in [5, 5.41) is 0. The molecular formula is C18H24Cl2N2. The minimum atomic E-state index is -2.06. The molecule has 0 saturated carbocycles. The van der Waals surface area contributed by atoms with Crippen molar-refractivity contribution >= 4 is 24.8 Å². The van der Waals surface area contributed by atoms with E-state index >= 15 is 0 Å². The molecular weight excluding hydrogens is 315 g/mol. The first kappa shape index (κ1) is 13.4. The summed E-state index contributed by atoms with van der Waals surface area (Å²) in [6.07, 6.45) is 0. The summed E-state index contributed by atoms with van der Waals surface area (Å²) in [6.45, 7) is -2.31. The van der Waals surface area contributed by atoms with Gasteiger partial charge in [-0.15, -0.1) is 24.8 Å². The topological polar surface area (TPSA) is 6.48 Å². The Morgan fingerprint density at radius 1 is 0.682 bits per heavy atom. The number of halogens is 2. The summed E-state index contributed by atoms with van der Waals surface area (Å²) in [4.78, 5) is 3.20. The maximum atomic E-state index is 8.41. The lowest BCUT2D eigenvalue weighted by molar-refractivity contribution is 0.122. The van der Waals surface area contributed by atoms with Crippen molar-refractivity contribution in [2.75, 3.05) is 26.1 Å². The number of piperazine rings is 1. The van der Waals surface area contributed by atoms with Crippen LogP contribution in [0.1, 0.15) is 16.6 Å². The Labute approximate surface area is 151 Å². The SMILES string of the molecule is Cl.Cl.[2H]C1([2H])N(Cc2ccccc2)CCN(Cc2ccccc2)C1([2H])[2H]. The van der Waals surface area contributed by atoms with E-state index in [1.807, 2.05) is 60.7 Å². The number of hydrogen-bond donors (Lipinski definition) is 0. The Hall–Kier alpha value is -1.06. The Balaban J connectivity index is 0.00000169. The van der Waals surface area contributed by atoms with Crippen LogP contribution in [0.5, 0.6) is 0 Å². The Morgan fingerprint density at radius 2 is 1.05 bits per heavy atom. The summed E-state index contributed by atoms with van der Waals surface area (Å²) < 4.78 is 33.6. The van der Waals surface area contributed by atoms with Crippen LogP contribution in [0.15, 0.2) is 60.7 Å². The van der Waals surface area contributed by atoms with E-state index in [9.17, 15) is 0 Å². The fourth-order valence-electron chi connectivity index (χ4n) is 2.34. The molecule has 0 amide bonds.